The van der Waals surface area contributed by atoms with Crippen LogP contribution in [0.4, 0.5) is 4.39 Å². The fraction of sp³-hybridized carbons (Fsp3) is 0.364. The van der Waals surface area contributed by atoms with Crippen LogP contribution in [0.2, 0.25) is 0 Å². The quantitative estimate of drug-likeness (QED) is 0.798. The number of aliphatic imine (C=N–C) groups is 1. The molecule has 1 atom stereocenters. The third kappa shape index (κ3) is 1.79. The highest BCUT2D eigenvalue weighted by Gasteiger charge is 2.25. The first-order chi connectivity index (χ1) is 7.22. The molecule has 1 aromatic rings. The van der Waals surface area contributed by atoms with Crippen molar-refractivity contribution in [2.24, 2.45) is 10.7 Å². The molecule has 0 aliphatic carbocycles. The van der Waals surface area contributed by atoms with Gasteiger partial charge in [-0.15, -0.1) is 0 Å². The van der Waals surface area contributed by atoms with E-state index in [-0.39, 0.29) is 11.9 Å². The Bertz CT molecular complexity index is 372. The summed E-state index contributed by atoms with van der Waals surface area (Å²) in [6, 6.07) is 6.68. The number of nitrogens with zero attached hydrogens (tertiary/aromatic N) is 2. The Kier molecular flexibility index (Phi) is 2.58. The molecule has 0 bridgehead atoms. The van der Waals surface area contributed by atoms with Crippen molar-refractivity contribution in [1.29, 1.82) is 0 Å². The lowest BCUT2D eigenvalue weighted by Crippen LogP contribution is -2.35. The normalized spacial score (nSPS) is 20.5. The molecule has 1 unspecified atom stereocenters. The summed E-state index contributed by atoms with van der Waals surface area (Å²) < 4.78 is 12.8. The van der Waals surface area contributed by atoms with E-state index in [4.69, 9.17) is 5.73 Å². The number of rotatable bonds is 2. The van der Waals surface area contributed by atoms with Gasteiger partial charge in [-0.3, -0.25) is 4.99 Å². The van der Waals surface area contributed by atoms with Crippen LogP contribution in [0.25, 0.3) is 0 Å². The van der Waals surface area contributed by atoms with Crippen molar-refractivity contribution < 1.29 is 4.39 Å². The third-order valence-electron chi connectivity index (χ3n) is 2.69. The van der Waals surface area contributed by atoms with E-state index >= 15 is 0 Å². The van der Waals surface area contributed by atoms with Gasteiger partial charge in [0.05, 0.1) is 12.6 Å². The lowest BCUT2D eigenvalue weighted by Gasteiger charge is -2.24. The second kappa shape index (κ2) is 3.88. The van der Waals surface area contributed by atoms with Crippen LogP contribution >= 0.6 is 0 Å². The summed E-state index contributed by atoms with van der Waals surface area (Å²) in [4.78, 5) is 6.22. The smallest absolute Gasteiger partial charge is 0.191 e. The van der Waals surface area contributed by atoms with Crippen LogP contribution in [-0.2, 0) is 0 Å². The first-order valence-electron chi connectivity index (χ1n) is 5.04. The van der Waals surface area contributed by atoms with Gasteiger partial charge in [0.1, 0.15) is 5.82 Å². The van der Waals surface area contributed by atoms with E-state index in [9.17, 15) is 4.39 Å². The third-order valence-corrected chi connectivity index (χ3v) is 2.69. The van der Waals surface area contributed by atoms with Crippen LogP contribution in [0.1, 0.15) is 18.5 Å². The Morgan fingerprint density at radius 1 is 1.47 bits per heavy atom. The van der Waals surface area contributed by atoms with E-state index in [1.54, 1.807) is 12.1 Å². The molecule has 80 valence electrons. The lowest BCUT2D eigenvalue weighted by molar-refractivity contribution is 0.364. The first-order valence-corrected chi connectivity index (χ1v) is 5.04. The van der Waals surface area contributed by atoms with Crippen molar-refractivity contribution in [2.45, 2.75) is 13.0 Å². The highest BCUT2D eigenvalue weighted by atomic mass is 19.1. The molecule has 0 aromatic heterocycles. The van der Waals surface area contributed by atoms with Crippen molar-refractivity contribution >= 4 is 5.96 Å². The molecule has 1 aliphatic rings. The zero-order valence-electron chi connectivity index (χ0n) is 8.65. The number of guanidine groups is 1. The molecule has 0 fully saturated rings. The van der Waals surface area contributed by atoms with Crippen molar-refractivity contribution in [3.63, 3.8) is 0 Å². The Hall–Kier alpha value is -1.58. The summed E-state index contributed by atoms with van der Waals surface area (Å²) in [5, 5.41) is 0. The van der Waals surface area contributed by atoms with E-state index < -0.39 is 0 Å². The van der Waals surface area contributed by atoms with Gasteiger partial charge < -0.3 is 10.6 Å². The molecule has 0 radical (unpaired) electrons. The van der Waals surface area contributed by atoms with Crippen LogP contribution in [0.3, 0.4) is 0 Å². The topological polar surface area (TPSA) is 41.6 Å². The summed E-state index contributed by atoms with van der Waals surface area (Å²) in [6.07, 6.45) is 0. The predicted octanol–water partition coefficient (Wildman–Crippen LogP) is 1.52. The fourth-order valence-corrected chi connectivity index (χ4v) is 1.88. The zero-order chi connectivity index (χ0) is 10.8. The SMILES string of the molecule is CCN1C(N)=NCC1c1ccc(F)cc1. The zero-order valence-corrected chi connectivity index (χ0v) is 8.65. The number of hydrogen-bond donors (Lipinski definition) is 1. The minimum atomic E-state index is -0.214. The van der Waals surface area contributed by atoms with E-state index in [1.165, 1.54) is 12.1 Å². The molecule has 2 rings (SSSR count). The maximum absolute atomic E-state index is 12.8. The lowest BCUT2D eigenvalue weighted by atomic mass is 10.1. The van der Waals surface area contributed by atoms with Gasteiger partial charge >= 0.3 is 0 Å². The molecule has 0 saturated carbocycles. The highest BCUT2D eigenvalue weighted by Crippen LogP contribution is 2.24. The number of nitrogens with two attached hydrogens (primary N) is 1. The van der Waals surface area contributed by atoms with E-state index in [2.05, 4.69) is 4.99 Å². The van der Waals surface area contributed by atoms with E-state index in [1.807, 2.05) is 11.8 Å². The van der Waals surface area contributed by atoms with Gasteiger partial charge in [0.2, 0.25) is 0 Å². The van der Waals surface area contributed by atoms with Crippen LogP contribution < -0.4 is 5.73 Å². The monoisotopic (exact) mass is 207 g/mol. The number of likely N-dealkylation sites (N-methyl/N-ethyl adjacent to an activating group) is 1. The van der Waals surface area contributed by atoms with E-state index in [0.29, 0.717) is 12.5 Å². The maximum Gasteiger partial charge on any atom is 0.191 e. The summed E-state index contributed by atoms with van der Waals surface area (Å²) in [5.74, 6) is 0.362. The van der Waals surface area contributed by atoms with Gasteiger partial charge in [0, 0.05) is 6.54 Å². The Morgan fingerprint density at radius 2 is 2.13 bits per heavy atom. The average molecular weight is 207 g/mol. The summed E-state index contributed by atoms with van der Waals surface area (Å²) in [7, 11) is 0. The van der Waals surface area contributed by atoms with E-state index in [0.717, 1.165) is 12.1 Å². The molecule has 1 aliphatic heterocycles. The molecular weight excluding hydrogens is 193 g/mol. The highest BCUT2D eigenvalue weighted by molar-refractivity contribution is 5.80. The summed E-state index contributed by atoms with van der Waals surface area (Å²) in [5.41, 5.74) is 6.81. The Balaban J connectivity index is 2.22. The molecule has 1 heterocycles. The second-order valence-corrected chi connectivity index (χ2v) is 3.55. The largest absolute Gasteiger partial charge is 0.370 e. The fourth-order valence-electron chi connectivity index (χ4n) is 1.88. The molecule has 2 N–H and O–H groups in total. The predicted molar refractivity (Wildman–Crippen MR) is 58.0 cm³/mol. The Labute approximate surface area is 88.4 Å². The number of benzene rings is 1. The van der Waals surface area contributed by atoms with Crippen molar-refractivity contribution in [3.8, 4) is 0 Å². The molecule has 1 aromatic carbocycles. The van der Waals surface area contributed by atoms with Crippen LogP contribution in [0, 0.1) is 5.82 Å². The van der Waals surface area contributed by atoms with Gasteiger partial charge in [-0.05, 0) is 24.6 Å². The number of hydrogen-bond acceptors (Lipinski definition) is 3. The summed E-state index contributed by atoms with van der Waals surface area (Å²) >= 11 is 0. The standard InChI is InChI=1S/C11H14FN3/c1-2-15-10(7-14-11(15)13)8-3-5-9(12)6-4-8/h3-6,10H,2,7H2,1H3,(H2,13,14). The van der Waals surface area contributed by atoms with Gasteiger partial charge in [0.15, 0.2) is 5.96 Å². The second-order valence-electron chi connectivity index (χ2n) is 3.55. The minimum Gasteiger partial charge on any atom is -0.370 e. The van der Waals surface area contributed by atoms with Crippen molar-refractivity contribution in [3.05, 3.63) is 35.6 Å². The van der Waals surface area contributed by atoms with Crippen LogP contribution in [0.5, 0.6) is 0 Å². The van der Waals surface area contributed by atoms with Gasteiger partial charge in [-0.2, -0.15) is 0 Å². The molecular formula is C11H14FN3. The molecule has 4 heteroatoms. The summed E-state index contributed by atoms with van der Waals surface area (Å²) in [6.45, 7) is 3.51. The average Bonchev–Trinajstić information content (AvgIpc) is 2.61. The van der Waals surface area contributed by atoms with Crippen molar-refractivity contribution in [2.75, 3.05) is 13.1 Å². The molecule has 0 amide bonds. The maximum atomic E-state index is 12.8. The van der Waals surface area contributed by atoms with Gasteiger partial charge in [-0.25, -0.2) is 4.39 Å². The van der Waals surface area contributed by atoms with Crippen LogP contribution in [0.15, 0.2) is 29.3 Å². The van der Waals surface area contributed by atoms with Crippen molar-refractivity contribution in [1.82, 2.24) is 4.90 Å². The van der Waals surface area contributed by atoms with Gasteiger partial charge in [0.25, 0.3) is 0 Å². The Morgan fingerprint density at radius 3 is 2.73 bits per heavy atom. The van der Waals surface area contributed by atoms with Gasteiger partial charge in [-0.1, -0.05) is 12.1 Å². The molecule has 15 heavy (non-hydrogen) atoms. The molecule has 0 spiro atoms. The molecule has 0 saturated heterocycles. The number of halogens is 1. The minimum absolute atomic E-state index is 0.163. The molecule has 3 nitrogen and oxygen atoms in total. The first kappa shape index (κ1) is 9.96. The van der Waals surface area contributed by atoms with Crippen LogP contribution in [-0.4, -0.2) is 23.9 Å².